The zero-order chi connectivity index (χ0) is 16.4. The fourth-order valence-electron chi connectivity index (χ4n) is 3.95. The number of amides is 1. The summed E-state index contributed by atoms with van der Waals surface area (Å²) in [5.41, 5.74) is 0.950. The number of carbonyl (C=O) groups excluding carboxylic acids is 1. The van der Waals surface area contributed by atoms with Crippen LogP contribution in [0.4, 0.5) is 0 Å². The van der Waals surface area contributed by atoms with Gasteiger partial charge in [-0.15, -0.1) is 12.4 Å². The molecular weight excluding hydrogens is 328 g/mol. The van der Waals surface area contributed by atoms with Crippen molar-refractivity contribution in [2.45, 2.75) is 50.7 Å². The molecule has 6 heteroatoms. The molecule has 0 radical (unpaired) electrons. The first kappa shape index (κ1) is 18.9. The van der Waals surface area contributed by atoms with Crippen molar-refractivity contribution in [3.63, 3.8) is 0 Å². The maximum Gasteiger partial charge on any atom is 0.239 e. The lowest BCUT2D eigenvalue weighted by Gasteiger charge is -2.24. The number of rotatable bonds is 4. The second-order valence-electron chi connectivity index (χ2n) is 6.81. The van der Waals surface area contributed by atoms with Crippen molar-refractivity contribution < 1.29 is 14.6 Å². The molecule has 3 atom stereocenters. The SMILES string of the molecule is COc1cc(CN(C)C(=O)C2CC3CCCCC3N2)ccc1O.Cl. The maximum atomic E-state index is 12.7. The van der Waals surface area contributed by atoms with Crippen LogP contribution >= 0.6 is 12.4 Å². The van der Waals surface area contributed by atoms with Gasteiger partial charge >= 0.3 is 0 Å². The van der Waals surface area contributed by atoms with E-state index >= 15 is 0 Å². The van der Waals surface area contributed by atoms with Crippen LogP contribution in [0, 0.1) is 5.92 Å². The van der Waals surface area contributed by atoms with Gasteiger partial charge < -0.3 is 20.1 Å². The lowest BCUT2D eigenvalue weighted by Crippen LogP contribution is -2.43. The van der Waals surface area contributed by atoms with Gasteiger partial charge in [0.2, 0.25) is 5.91 Å². The number of halogens is 1. The summed E-state index contributed by atoms with van der Waals surface area (Å²) >= 11 is 0. The standard InChI is InChI=1S/C18H26N2O3.ClH/c1-20(11-12-7-8-16(21)17(9-12)23-2)18(22)15-10-13-5-3-4-6-14(13)19-15;/h7-9,13-15,19,21H,3-6,10-11H2,1-2H3;1H. The monoisotopic (exact) mass is 354 g/mol. The van der Waals surface area contributed by atoms with Gasteiger partial charge in [-0.3, -0.25) is 4.79 Å². The highest BCUT2D eigenvalue weighted by Crippen LogP contribution is 2.34. The minimum Gasteiger partial charge on any atom is -0.504 e. The molecule has 134 valence electrons. The third-order valence-electron chi connectivity index (χ3n) is 5.20. The number of aromatic hydroxyl groups is 1. The highest BCUT2D eigenvalue weighted by atomic mass is 35.5. The molecule has 1 aliphatic carbocycles. The van der Waals surface area contributed by atoms with Gasteiger partial charge in [-0.05, 0) is 42.9 Å². The topological polar surface area (TPSA) is 61.8 Å². The number of phenolic OH excluding ortho intramolecular Hbond substituents is 1. The van der Waals surface area contributed by atoms with Crippen molar-refractivity contribution >= 4 is 18.3 Å². The summed E-state index contributed by atoms with van der Waals surface area (Å²) in [5, 5.41) is 13.2. The summed E-state index contributed by atoms with van der Waals surface area (Å²) in [6.07, 6.45) is 5.99. The van der Waals surface area contributed by atoms with Crippen molar-refractivity contribution in [1.29, 1.82) is 0 Å². The van der Waals surface area contributed by atoms with Crippen molar-refractivity contribution in [3.8, 4) is 11.5 Å². The largest absolute Gasteiger partial charge is 0.504 e. The minimum absolute atomic E-state index is 0. The van der Waals surface area contributed by atoms with E-state index in [-0.39, 0.29) is 30.1 Å². The number of nitrogens with zero attached hydrogens (tertiary/aromatic N) is 1. The van der Waals surface area contributed by atoms with Crippen LogP contribution in [0.2, 0.25) is 0 Å². The predicted molar refractivity (Wildman–Crippen MR) is 95.7 cm³/mol. The molecule has 0 bridgehead atoms. The summed E-state index contributed by atoms with van der Waals surface area (Å²) in [7, 11) is 3.36. The van der Waals surface area contributed by atoms with E-state index in [0.717, 1.165) is 12.0 Å². The minimum atomic E-state index is -0.0490. The van der Waals surface area contributed by atoms with Crippen LogP contribution in [-0.2, 0) is 11.3 Å². The van der Waals surface area contributed by atoms with E-state index in [1.165, 1.54) is 32.8 Å². The first-order valence-electron chi connectivity index (χ1n) is 8.45. The number of benzene rings is 1. The van der Waals surface area contributed by atoms with Crippen LogP contribution in [-0.4, -0.2) is 42.2 Å². The highest BCUT2D eigenvalue weighted by molar-refractivity contribution is 5.85. The van der Waals surface area contributed by atoms with E-state index in [9.17, 15) is 9.90 Å². The van der Waals surface area contributed by atoms with Crippen LogP contribution in [0.25, 0.3) is 0 Å². The first-order chi connectivity index (χ1) is 11.1. The Morgan fingerprint density at radius 2 is 2.12 bits per heavy atom. The quantitative estimate of drug-likeness (QED) is 0.872. The predicted octanol–water partition coefficient (Wildman–Crippen LogP) is 2.70. The van der Waals surface area contributed by atoms with Gasteiger partial charge in [-0.25, -0.2) is 0 Å². The molecule has 1 saturated carbocycles. The average Bonchev–Trinajstić information content (AvgIpc) is 2.99. The molecule has 2 N–H and O–H groups in total. The third kappa shape index (κ3) is 3.95. The van der Waals surface area contributed by atoms with Crippen LogP contribution in [0.1, 0.15) is 37.7 Å². The molecule has 1 saturated heterocycles. The fraction of sp³-hybridized carbons (Fsp3) is 0.611. The van der Waals surface area contributed by atoms with Gasteiger partial charge in [0.05, 0.1) is 13.2 Å². The Bertz CT molecular complexity index is 567. The molecule has 1 heterocycles. The number of hydrogen-bond acceptors (Lipinski definition) is 4. The Balaban J connectivity index is 0.00000208. The Morgan fingerprint density at radius 1 is 1.38 bits per heavy atom. The molecule has 1 aromatic carbocycles. The highest BCUT2D eigenvalue weighted by Gasteiger charge is 2.39. The molecule has 0 spiro atoms. The molecule has 2 aliphatic rings. The van der Waals surface area contributed by atoms with Gasteiger partial charge in [0, 0.05) is 19.6 Å². The molecule has 3 rings (SSSR count). The maximum absolute atomic E-state index is 12.7. The Hall–Kier alpha value is -1.46. The number of carbonyl (C=O) groups is 1. The van der Waals surface area contributed by atoms with Crippen molar-refractivity contribution in [3.05, 3.63) is 23.8 Å². The Kier molecular flexibility index (Phi) is 6.35. The van der Waals surface area contributed by atoms with Crippen molar-refractivity contribution in [1.82, 2.24) is 10.2 Å². The molecule has 1 aromatic rings. The zero-order valence-electron chi connectivity index (χ0n) is 14.3. The second kappa shape index (κ2) is 8.08. The van der Waals surface area contributed by atoms with Crippen molar-refractivity contribution in [2.75, 3.05) is 14.2 Å². The summed E-state index contributed by atoms with van der Waals surface area (Å²) in [4.78, 5) is 14.5. The number of nitrogens with one attached hydrogen (secondary N) is 1. The number of methoxy groups -OCH3 is 1. The number of likely N-dealkylation sites (N-methyl/N-ethyl adjacent to an activating group) is 1. The van der Waals surface area contributed by atoms with Crippen LogP contribution in [0.15, 0.2) is 18.2 Å². The molecular formula is C18H27ClN2O3. The fourth-order valence-corrected chi connectivity index (χ4v) is 3.95. The Labute approximate surface area is 149 Å². The lowest BCUT2D eigenvalue weighted by atomic mass is 9.85. The van der Waals surface area contributed by atoms with Gasteiger partial charge in [-0.1, -0.05) is 18.9 Å². The molecule has 3 unspecified atom stereocenters. The third-order valence-corrected chi connectivity index (χ3v) is 5.20. The summed E-state index contributed by atoms with van der Waals surface area (Å²) in [6, 6.07) is 5.69. The number of phenols is 1. The zero-order valence-corrected chi connectivity index (χ0v) is 15.1. The van der Waals surface area contributed by atoms with Crippen LogP contribution in [0.5, 0.6) is 11.5 Å². The number of ether oxygens (including phenoxy) is 1. The van der Waals surface area contributed by atoms with Gasteiger partial charge in [0.25, 0.3) is 0 Å². The van der Waals surface area contributed by atoms with E-state index in [4.69, 9.17) is 4.74 Å². The second-order valence-corrected chi connectivity index (χ2v) is 6.81. The Morgan fingerprint density at radius 3 is 2.83 bits per heavy atom. The molecule has 24 heavy (non-hydrogen) atoms. The molecule has 1 aliphatic heterocycles. The summed E-state index contributed by atoms with van der Waals surface area (Å²) in [5.74, 6) is 1.38. The molecule has 2 fully saturated rings. The van der Waals surface area contributed by atoms with E-state index in [2.05, 4.69) is 5.32 Å². The van der Waals surface area contributed by atoms with Gasteiger partial charge in [0.1, 0.15) is 0 Å². The smallest absolute Gasteiger partial charge is 0.239 e. The molecule has 5 nitrogen and oxygen atoms in total. The number of hydrogen-bond donors (Lipinski definition) is 2. The summed E-state index contributed by atoms with van der Waals surface area (Å²) < 4.78 is 5.13. The van der Waals surface area contributed by atoms with Crippen molar-refractivity contribution in [2.24, 2.45) is 5.92 Å². The number of fused-ring (bicyclic) bond motifs is 1. The van der Waals surface area contributed by atoms with Gasteiger partial charge in [-0.2, -0.15) is 0 Å². The average molecular weight is 355 g/mol. The van der Waals surface area contributed by atoms with Crippen LogP contribution in [0.3, 0.4) is 0 Å². The van der Waals surface area contributed by atoms with Gasteiger partial charge in [0.15, 0.2) is 11.5 Å². The first-order valence-corrected chi connectivity index (χ1v) is 8.45. The van der Waals surface area contributed by atoms with E-state index in [1.54, 1.807) is 17.0 Å². The molecule has 0 aromatic heterocycles. The normalized spacial score (nSPS) is 25.5. The summed E-state index contributed by atoms with van der Waals surface area (Å²) in [6.45, 7) is 0.517. The van der Waals surface area contributed by atoms with E-state index in [1.807, 2.05) is 13.1 Å². The van der Waals surface area contributed by atoms with Crippen LogP contribution < -0.4 is 10.1 Å². The van der Waals surface area contributed by atoms with E-state index < -0.39 is 0 Å². The van der Waals surface area contributed by atoms with E-state index in [0.29, 0.717) is 24.3 Å². The lowest BCUT2D eigenvalue weighted by molar-refractivity contribution is -0.132. The molecule has 1 amide bonds.